The first-order valence-electron chi connectivity index (χ1n) is 6.50. The summed E-state index contributed by atoms with van der Waals surface area (Å²) in [5, 5.41) is 11.3. The number of rotatable bonds is 6. The highest BCUT2D eigenvalue weighted by Crippen LogP contribution is 2.18. The standard InChI is InChI=1S/C15H19NO5/c1-10(12(17)15(2,3)13(18)19)16-14(20)21-9-11-7-5-4-6-8-11/h4-8,10H,9H2,1-3H3,(H,16,20)(H,18,19)/t10-/m0/s1. The number of ether oxygens (including phenoxy) is 1. The van der Waals surface area contributed by atoms with E-state index in [9.17, 15) is 14.4 Å². The van der Waals surface area contributed by atoms with E-state index < -0.39 is 29.3 Å². The lowest BCUT2D eigenvalue weighted by Gasteiger charge is -2.22. The van der Waals surface area contributed by atoms with Gasteiger partial charge in [-0.25, -0.2) is 4.79 Å². The van der Waals surface area contributed by atoms with Crippen molar-refractivity contribution in [2.45, 2.75) is 33.4 Å². The molecule has 0 radical (unpaired) electrons. The van der Waals surface area contributed by atoms with Gasteiger partial charge in [0.2, 0.25) is 0 Å². The van der Waals surface area contributed by atoms with Crippen molar-refractivity contribution in [3.63, 3.8) is 0 Å². The highest BCUT2D eigenvalue weighted by Gasteiger charge is 2.39. The quantitative estimate of drug-likeness (QED) is 0.782. The summed E-state index contributed by atoms with van der Waals surface area (Å²) in [6, 6.07) is 8.14. The summed E-state index contributed by atoms with van der Waals surface area (Å²) in [5.41, 5.74) is -0.746. The molecular formula is C15H19NO5. The highest BCUT2D eigenvalue weighted by molar-refractivity contribution is 6.05. The molecule has 1 amide bonds. The van der Waals surface area contributed by atoms with Crippen LogP contribution in [0.1, 0.15) is 26.3 Å². The van der Waals surface area contributed by atoms with Gasteiger partial charge in [0.1, 0.15) is 12.0 Å². The third-order valence-electron chi connectivity index (χ3n) is 3.09. The second kappa shape index (κ2) is 6.88. The molecule has 6 nitrogen and oxygen atoms in total. The van der Waals surface area contributed by atoms with Gasteiger partial charge in [-0.3, -0.25) is 9.59 Å². The van der Waals surface area contributed by atoms with Gasteiger partial charge in [-0.2, -0.15) is 0 Å². The molecule has 21 heavy (non-hydrogen) atoms. The van der Waals surface area contributed by atoms with Crippen LogP contribution in [-0.2, 0) is 20.9 Å². The van der Waals surface area contributed by atoms with Crippen molar-refractivity contribution < 1.29 is 24.2 Å². The van der Waals surface area contributed by atoms with Crippen molar-refractivity contribution in [2.24, 2.45) is 5.41 Å². The lowest BCUT2D eigenvalue weighted by atomic mass is 9.85. The summed E-state index contributed by atoms with van der Waals surface area (Å²) in [6.45, 7) is 4.10. The first-order chi connectivity index (χ1) is 9.75. The molecule has 0 bridgehead atoms. The Balaban J connectivity index is 2.51. The van der Waals surface area contributed by atoms with Crippen molar-refractivity contribution in [2.75, 3.05) is 0 Å². The molecule has 0 fully saturated rings. The number of nitrogens with one attached hydrogen (secondary N) is 1. The monoisotopic (exact) mass is 293 g/mol. The zero-order chi connectivity index (χ0) is 16.0. The molecule has 0 spiro atoms. The summed E-state index contributed by atoms with van der Waals surface area (Å²) in [6.07, 6.45) is -0.763. The fourth-order valence-corrected chi connectivity index (χ4v) is 1.65. The topological polar surface area (TPSA) is 92.7 Å². The van der Waals surface area contributed by atoms with Crippen LogP contribution in [0.3, 0.4) is 0 Å². The molecule has 0 aromatic heterocycles. The van der Waals surface area contributed by atoms with Crippen LogP contribution in [0.5, 0.6) is 0 Å². The minimum Gasteiger partial charge on any atom is -0.481 e. The van der Waals surface area contributed by atoms with E-state index in [0.717, 1.165) is 5.56 Å². The van der Waals surface area contributed by atoms with Gasteiger partial charge in [0, 0.05) is 0 Å². The van der Waals surface area contributed by atoms with Crippen LogP contribution in [0.15, 0.2) is 30.3 Å². The lowest BCUT2D eigenvalue weighted by molar-refractivity contribution is -0.153. The number of alkyl carbamates (subject to hydrolysis) is 1. The van der Waals surface area contributed by atoms with Crippen molar-refractivity contribution in [3.8, 4) is 0 Å². The molecule has 0 saturated carbocycles. The van der Waals surface area contributed by atoms with Gasteiger partial charge >= 0.3 is 12.1 Å². The van der Waals surface area contributed by atoms with Gasteiger partial charge in [-0.15, -0.1) is 0 Å². The molecule has 0 unspecified atom stereocenters. The summed E-state index contributed by atoms with van der Waals surface area (Å²) in [4.78, 5) is 34.6. The van der Waals surface area contributed by atoms with Gasteiger partial charge in [-0.1, -0.05) is 30.3 Å². The largest absolute Gasteiger partial charge is 0.481 e. The molecule has 1 aromatic carbocycles. The molecule has 0 aliphatic heterocycles. The number of Topliss-reactive ketones (excluding diaryl/α,β-unsaturated/α-hetero) is 1. The number of ketones is 1. The molecular weight excluding hydrogens is 274 g/mol. The van der Waals surface area contributed by atoms with Crippen LogP contribution >= 0.6 is 0 Å². The number of hydrogen-bond acceptors (Lipinski definition) is 4. The van der Waals surface area contributed by atoms with Gasteiger partial charge in [0.25, 0.3) is 0 Å². The van der Waals surface area contributed by atoms with Crippen LogP contribution < -0.4 is 5.32 Å². The van der Waals surface area contributed by atoms with Crippen LogP contribution in [0.2, 0.25) is 0 Å². The van der Waals surface area contributed by atoms with Crippen molar-refractivity contribution in [1.82, 2.24) is 5.32 Å². The molecule has 1 atom stereocenters. The van der Waals surface area contributed by atoms with Gasteiger partial charge < -0.3 is 15.2 Å². The average Bonchev–Trinajstić information content (AvgIpc) is 2.45. The van der Waals surface area contributed by atoms with Crippen molar-refractivity contribution in [1.29, 1.82) is 0 Å². The molecule has 0 saturated heterocycles. The molecule has 1 rings (SSSR count). The number of carboxylic acids is 1. The van der Waals surface area contributed by atoms with Gasteiger partial charge in [0.05, 0.1) is 6.04 Å². The minimum absolute atomic E-state index is 0.0793. The van der Waals surface area contributed by atoms with E-state index in [1.165, 1.54) is 20.8 Å². The van der Waals surface area contributed by atoms with E-state index in [1.807, 2.05) is 18.2 Å². The number of amides is 1. The molecule has 6 heteroatoms. The third-order valence-corrected chi connectivity index (χ3v) is 3.09. The molecule has 0 aliphatic carbocycles. The number of carboxylic acid groups (broad SMARTS) is 1. The van der Waals surface area contributed by atoms with E-state index in [2.05, 4.69) is 5.32 Å². The number of carbonyl (C=O) groups excluding carboxylic acids is 2. The number of benzene rings is 1. The normalized spacial score (nSPS) is 12.3. The lowest BCUT2D eigenvalue weighted by Crippen LogP contribution is -2.47. The Morgan fingerprint density at radius 3 is 2.33 bits per heavy atom. The van der Waals surface area contributed by atoms with E-state index in [0.29, 0.717) is 0 Å². The number of carbonyl (C=O) groups is 3. The van der Waals surface area contributed by atoms with E-state index in [1.54, 1.807) is 12.1 Å². The first-order valence-corrected chi connectivity index (χ1v) is 6.50. The number of hydrogen-bond donors (Lipinski definition) is 2. The number of aliphatic carboxylic acids is 1. The minimum atomic E-state index is -1.56. The maximum Gasteiger partial charge on any atom is 0.408 e. The summed E-state index contributed by atoms with van der Waals surface area (Å²) < 4.78 is 4.97. The van der Waals surface area contributed by atoms with Crippen molar-refractivity contribution >= 4 is 17.8 Å². The maximum atomic E-state index is 12.0. The summed E-state index contributed by atoms with van der Waals surface area (Å²) in [7, 11) is 0. The van der Waals surface area contributed by atoms with Crippen LogP contribution in [0.4, 0.5) is 4.79 Å². The Morgan fingerprint density at radius 1 is 1.24 bits per heavy atom. The third kappa shape index (κ3) is 4.59. The van der Waals surface area contributed by atoms with Crippen LogP contribution in [-0.4, -0.2) is 29.0 Å². The molecule has 2 N–H and O–H groups in total. The first kappa shape index (κ1) is 16.7. The fourth-order valence-electron chi connectivity index (χ4n) is 1.65. The average molecular weight is 293 g/mol. The zero-order valence-corrected chi connectivity index (χ0v) is 12.3. The second-order valence-corrected chi connectivity index (χ2v) is 5.22. The Bertz CT molecular complexity index is 524. The van der Waals surface area contributed by atoms with Gasteiger partial charge in [0.15, 0.2) is 5.78 Å². The highest BCUT2D eigenvalue weighted by atomic mass is 16.5. The Hall–Kier alpha value is -2.37. The SMILES string of the molecule is C[C@H](NC(=O)OCc1ccccc1)C(=O)C(C)(C)C(=O)O. The Morgan fingerprint density at radius 2 is 1.81 bits per heavy atom. The molecule has 0 aliphatic rings. The summed E-state index contributed by atoms with van der Waals surface area (Å²) >= 11 is 0. The molecule has 114 valence electrons. The molecule has 0 heterocycles. The predicted molar refractivity (Wildman–Crippen MR) is 75.6 cm³/mol. The summed E-state index contributed by atoms with van der Waals surface area (Å²) in [5.74, 6) is -1.83. The Labute approximate surface area is 123 Å². The zero-order valence-electron chi connectivity index (χ0n) is 12.3. The van der Waals surface area contributed by atoms with Crippen molar-refractivity contribution in [3.05, 3.63) is 35.9 Å². The van der Waals surface area contributed by atoms with Crippen LogP contribution in [0.25, 0.3) is 0 Å². The van der Waals surface area contributed by atoms with E-state index >= 15 is 0 Å². The smallest absolute Gasteiger partial charge is 0.408 e. The molecule has 1 aromatic rings. The predicted octanol–water partition coefficient (Wildman–Crippen LogP) is 1.98. The van der Waals surface area contributed by atoms with Crippen LogP contribution in [0, 0.1) is 5.41 Å². The van der Waals surface area contributed by atoms with Gasteiger partial charge in [-0.05, 0) is 26.3 Å². The Kier molecular flexibility index (Phi) is 5.46. The van der Waals surface area contributed by atoms with E-state index in [4.69, 9.17) is 9.84 Å². The van der Waals surface area contributed by atoms with E-state index in [-0.39, 0.29) is 6.61 Å². The second-order valence-electron chi connectivity index (χ2n) is 5.22. The maximum absolute atomic E-state index is 12.0. The fraction of sp³-hybridized carbons (Fsp3) is 0.400.